The van der Waals surface area contributed by atoms with Gasteiger partial charge in [-0.2, -0.15) is 0 Å². The number of amides is 1. The zero-order chi connectivity index (χ0) is 6.41. The van der Waals surface area contributed by atoms with Crippen molar-refractivity contribution in [3.05, 3.63) is 12.0 Å². The second kappa shape index (κ2) is 3.98. The molecule has 0 aromatic rings. The Morgan fingerprint density at radius 2 is 2.38 bits per heavy atom. The predicted octanol–water partition coefficient (Wildman–Crippen LogP) is -1.29. The number of nitrogens with one attached hydrogen (secondary N) is 2. The summed E-state index contributed by atoms with van der Waals surface area (Å²) in [6.45, 7) is 0. The highest BCUT2D eigenvalue weighted by Crippen LogP contribution is 1.64. The first-order chi connectivity index (χ1) is 3.81. The van der Waals surface area contributed by atoms with Crippen LogP contribution in [0.25, 0.3) is 0 Å². The molecule has 4 heteroatoms. The highest BCUT2D eigenvalue weighted by molar-refractivity contribution is 5.47. The fraction of sp³-hybridized carbons (Fsp3) is 0.250. The smallest absolute Gasteiger partial charge is 0.211 e. The Hall–Kier alpha value is -1.19. The van der Waals surface area contributed by atoms with E-state index in [9.17, 15) is 4.79 Å². The van der Waals surface area contributed by atoms with E-state index in [1.54, 1.807) is 7.05 Å². The van der Waals surface area contributed by atoms with Gasteiger partial charge in [0.05, 0.1) is 0 Å². The van der Waals surface area contributed by atoms with Crippen molar-refractivity contribution in [2.45, 2.75) is 0 Å². The molecule has 0 unspecified atom stereocenters. The van der Waals surface area contributed by atoms with E-state index in [0.717, 1.165) is 0 Å². The minimum absolute atomic E-state index is 0.428. The molecular formula is C4H9N3O. The molecule has 0 aliphatic carbocycles. The van der Waals surface area contributed by atoms with Crippen LogP contribution in [0.4, 0.5) is 0 Å². The Morgan fingerprint density at radius 3 is 2.75 bits per heavy atom. The Bertz CT molecular complexity index is 99.5. The number of nitrogens with two attached hydrogens (primary N) is 1. The molecule has 0 spiro atoms. The second-order valence-corrected chi connectivity index (χ2v) is 1.13. The second-order valence-electron chi connectivity index (χ2n) is 1.13. The summed E-state index contributed by atoms with van der Waals surface area (Å²) in [5.41, 5.74) is 5.19. The van der Waals surface area contributed by atoms with Gasteiger partial charge >= 0.3 is 0 Å². The Labute approximate surface area is 47.7 Å². The molecule has 0 aliphatic rings. The summed E-state index contributed by atoms with van der Waals surface area (Å²) in [7, 11) is 1.66. The highest BCUT2D eigenvalue weighted by Gasteiger charge is 1.76. The molecule has 8 heavy (non-hydrogen) atoms. The van der Waals surface area contributed by atoms with Gasteiger partial charge in [0.2, 0.25) is 6.41 Å². The molecule has 0 rings (SSSR count). The molecule has 4 nitrogen and oxygen atoms in total. The number of carbonyl (C=O) groups excluding carboxylic acids is 1. The molecule has 0 aromatic heterocycles. The molecule has 0 fully saturated rings. The van der Waals surface area contributed by atoms with Crippen LogP contribution in [0.1, 0.15) is 0 Å². The lowest BCUT2D eigenvalue weighted by molar-refractivity contribution is -0.108. The van der Waals surface area contributed by atoms with Gasteiger partial charge in [0.25, 0.3) is 0 Å². The third-order valence-electron chi connectivity index (χ3n) is 0.596. The summed E-state index contributed by atoms with van der Waals surface area (Å²) >= 11 is 0. The first kappa shape index (κ1) is 6.81. The molecule has 0 bridgehead atoms. The van der Waals surface area contributed by atoms with Crippen LogP contribution in [-0.2, 0) is 4.79 Å². The fourth-order valence-corrected chi connectivity index (χ4v) is 0.196. The van der Waals surface area contributed by atoms with Crippen LogP contribution in [0.15, 0.2) is 12.0 Å². The van der Waals surface area contributed by atoms with Crippen LogP contribution in [0, 0.1) is 0 Å². The lowest BCUT2D eigenvalue weighted by Gasteiger charge is -1.94. The van der Waals surface area contributed by atoms with E-state index in [1.165, 1.54) is 6.20 Å². The molecular weight excluding hydrogens is 106 g/mol. The SMILES string of the molecule is CN/C(N)=C/NC=O. The van der Waals surface area contributed by atoms with Crippen LogP contribution in [0.2, 0.25) is 0 Å². The molecule has 0 saturated heterocycles. The fourth-order valence-electron chi connectivity index (χ4n) is 0.196. The molecule has 0 atom stereocenters. The average molecular weight is 115 g/mol. The maximum atomic E-state index is 9.59. The Kier molecular flexibility index (Phi) is 3.39. The maximum absolute atomic E-state index is 9.59. The lowest BCUT2D eigenvalue weighted by atomic mass is 10.7. The molecule has 0 saturated carbocycles. The molecule has 4 N–H and O–H groups in total. The summed E-state index contributed by atoms with van der Waals surface area (Å²) in [6, 6.07) is 0. The Balaban J connectivity index is 3.40. The molecule has 0 aliphatic heterocycles. The van der Waals surface area contributed by atoms with Crippen LogP contribution in [0.5, 0.6) is 0 Å². The van der Waals surface area contributed by atoms with Crippen molar-refractivity contribution < 1.29 is 4.79 Å². The standard InChI is InChI=1S/C4H9N3O/c1-6-4(5)2-7-3-8/h2-3,6H,5H2,1H3,(H,7,8)/b4-2+. The zero-order valence-electron chi connectivity index (χ0n) is 4.64. The third-order valence-corrected chi connectivity index (χ3v) is 0.596. The summed E-state index contributed by atoms with van der Waals surface area (Å²) < 4.78 is 0. The van der Waals surface area contributed by atoms with Crippen molar-refractivity contribution in [2.75, 3.05) is 7.05 Å². The summed E-state index contributed by atoms with van der Waals surface area (Å²) in [6.07, 6.45) is 1.91. The summed E-state index contributed by atoms with van der Waals surface area (Å²) in [5, 5.41) is 4.89. The quantitative estimate of drug-likeness (QED) is 0.401. The monoisotopic (exact) mass is 115 g/mol. The van der Waals surface area contributed by atoms with E-state index in [1.807, 2.05) is 0 Å². The summed E-state index contributed by atoms with van der Waals surface area (Å²) in [4.78, 5) is 9.59. The maximum Gasteiger partial charge on any atom is 0.211 e. The van der Waals surface area contributed by atoms with Crippen LogP contribution >= 0.6 is 0 Å². The van der Waals surface area contributed by atoms with Crippen LogP contribution < -0.4 is 16.4 Å². The lowest BCUT2D eigenvalue weighted by Crippen LogP contribution is -2.18. The van der Waals surface area contributed by atoms with Crippen molar-refractivity contribution in [1.82, 2.24) is 10.6 Å². The molecule has 0 aromatic carbocycles. The van der Waals surface area contributed by atoms with Gasteiger partial charge in [-0.1, -0.05) is 0 Å². The molecule has 1 amide bonds. The zero-order valence-corrected chi connectivity index (χ0v) is 4.64. The first-order valence-electron chi connectivity index (χ1n) is 2.14. The van der Waals surface area contributed by atoms with Gasteiger partial charge in [0.15, 0.2) is 0 Å². The van der Waals surface area contributed by atoms with Gasteiger partial charge in [-0.05, 0) is 0 Å². The van der Waals surface area contributed by atoms with Crippen molar-refractivity contribution in [3.63, 3.8) is 0 Å². The van der Waals surface area contributed by atoms with Gasteiger partial charge in [0.1, 0.15) is 5.82 Å². The van der Waals surface area contributed by atoms with Crippen molar-refractivity contribution in [2.24, 2.45) is 5.73 Å². The van der Waals surface area contributed by atoms with Gasteiger partial charge in [0, 0.05) is 13.2 Å². The number of hydrogen-bond donors (Lipinski definition) is 3. The topological polar surface area (TPSA) is 67.2 Å². The van der Waals surface area contributed by atoms with Crippen molar-refractivity contribution in [3.8, 4) is 0 Å². The predicted molar refractivity (Wildman–Crippen MR) is 30.5 cm³/mol. The summed E-state index contributed by atoms with van der Waals surface area (Å²) in [5.74, 6) is 0.428. The highest BCUT2D eigenvalue weighted by atomic mass is 16.1. The van der Waals surface area contributed by atoms with E-state index in [2.05, 4.69) is 10.6 Å². The minimum atomic E-state index is 0.428. The van der Waals surface area contributed by atoms with E-state index < -0.39 is 0 Å². The van der Waals surface area contributed by atoms with Crippen molar-refractivity contribution in [1.29, 1.82) is 0 Å². The molecule has 0 heterocycles. The molecule has 0 radical (unpaired) electrons. The van der Waals surface area contributed by atoms with Crippen LogP contribution in [-0.4, -0.2) is 13.5 Å². The van der Waals surface area contributed by atoms with E-state index in [-0.39, 0.29) is 0 Å². The van der Waals surface area contributed by atoms with Gasteiger partial charge in [-0.15, -0.1) is 0 Å². The largest absolute Gasteiger partial charge is 0.384 e. The minimum Gasteiger partial charge on any atom is -0.384 e. The van der Waals surface area contributed by atoms with Gasteiger partial charge in [-0.3, -0.25) is 4.79 Å². The number of carbonyl (C=O) groups is 1. The van der Waals surface area contributed by atoms with Crippen molar-refractivity contribution >= 4 is 6.41 Å². The van der Waals surface area contributed by atoms with E-state index >= 15 is 0 Å². The average Bonchev–Trinajstić information content (AvgIpc) is 1.83. The van der Waals surface area contributed by atoms with E-state index in [4.69, 9.17) is 5.73 Å². The van der Waals surface area contributed by atoms with Crippen LogP contribution in [0.3, 0.4) is 0 Å². The van der Waals surface area contributed by atoms with Gasteiger partial charge in [-0.25, -0.2) is 0 Å². The number of hydrogen-bond acceptors (Lipinski definition) is 3. The normalized spacial score (nSPS) is 10.4. The third kappa shape index (κ3) is 3.02. The number of rotatable bonds is 3. The first-order valence-corrected chi connectivity index (χ1v) is 2.14. The molecule has 46 valence electrons. The van der Waals surface area contributed by atoms with Gasteiger partial charge < -0.3 is 16.4 Å². The van der Waals surface area contributed by atoms with E-state index in [0.29, 0.717) is 12.2 Å². The Morgan fingerprint density at radius 1 is 1.75 bits per heavy atom.